The fourth-order valence-electron chi connectivity index (χ4n) is 2.74. The molecule has 0 unspecified atom stereocenters. The number of rotatable bonds is 13. The first-order valence-corrected chi connectivity index (χ1v) is 13.4. The van der Waals surface area contributed by atoms with Crippen LogP contribution < -0.4 is 14.2 Å². The summed E-state index contributed by atoms with van der Waals surface area (Å²) in [5.74, 6) is -3.73. The third-order valence-electron chi connectivity index (χ3n) is 4.05. The number of azide groups is 2. The number of sulfonamides is 1. The summed E-state index contributed by atoms with van der Waals surface area (Å²) in [4.78, 5) is 23.0. The van der Waals surface area contributed by atoms with Crippen LogP contribution in [0.1, 0.15) is 12.5 Å². The van der Waals surface area contributed by atoms with Crippen molar-refractivity contribution < 1.29 is 41.0 Å². The van der Waals surface area contributed by atoms with Gasteiger partial charge in [-0.1, -0.05) is 17.2 Å². The maximum absolute atomic E-state index is 15.5. The van der Waals surface area contributed by atoms with Crippen molar-refractivity contribution in [1.29, 1.82) is 0 Å². The van der Waals surface area contributed by atoms with Crippen LogP contribution in [0.15, 0.2) is 14.4 Å². The summed E-state index contributed by atoms with van der Waals surface area (Å²) in [5, 5.41) is 6.02. The average molecular weight is 541 g/mol. The zero-order valence-electron chi connectivity index (χ0n) is 17.4. The van der Waals surface area contributed by atoms with Crippen LogP contribution in [0.3, 0.4) is 0 Å². The van der Waals surface area contributed by atoms with Crippen molar-refractivity contribution >= 4 is 39.0 Å². The van der Waals surface area contributed by atoms with Gasteiger partial charge in [-0.25, -0.2) is 17.2 Å². The van der Waals surface area contributed by atoms with Crippen LogP contribution in [-0.2, 0) is 21.0 Å². The third-order valence-corrected chi connectivity index (χ3v) is 8.02. The summed E-state index contributed by atoms with van der Waals surface area (Å²) in [6, 6.07) is 0. The molecule has 3 N–H and O–H groups in total. The van der Waals surface area contributed by atoms with Gasteiger partial charge in [-0.05, 0) is 23.0 Å². The van der Waals surface area contributed by atoms with Crippen LogP contribution in [0.25, 0.3) is 31.0 Å². The predicted octanol–water partition coefficient (Wildman–Crippen LogP) is 3.53. The molecule has 1 aromatic carbocycles. The Hall–Kier alpha value is -2.68. The minimum Gasteiger partial charge on any atom is -0.487 e. The molecule has 0 bridgehead atoms. The van der Waals surface area contributed by atoms with Crippen molar-refractivity contribution in [1.82, 2.24) is 4.72 Å². The summed E-state index contributed by atoms with van der Waals surface area (Å²) >= 11 is 0.343. The Balaban J connectivity index is 2.70. The molecule has 14 nitrogen and oxygen atoms in total. The Bertz CT molecular complexity index is 1320. The van der Waals surface area contributed by atoms with Gasteiger partial charge in [0.2, 0.25) is 11.5 Å². The molecule has 0 aliphatic carbocycles. The number of benzene rings is 1. The Morgan fingerprint density at radius 1 is 1.09 bits per heavy atom. The van der Waals surface area contributed by atoms with E-state index in [-0.39, 0.29) is 38.3 Å². The Morgan fingerprint density at radius 3 is 2.09 bits per heavy atom. The van der Waals surface area contributed by atoms with Gasteiger partial charge in [-0.15, -0.1) is 11.3 Å². The molecular weight excluding hydrogens is 523 g/mol. The molecule has 0 spiro atoms. The predicted molar refractivity (Wildman–Crippen MR) is 117 cm³/mol. The Morgan fingerprint density at radius 2 is 1.62 bits per heavy atom. The van der Waals surface area contributed by atoms with E-state index in [9.17, 15) is 13.0 Å². The molecule has 186 valence electrons. The SMILES string of the molecule is CCc1c(S(=O)(=O)NCP(=O)(O)O)sc2c(F)c(OCCN=[N+]=[N-])c(OCCN=[N+]=[N-])c(F)c12. The molecule has 0 saturated heterocycles. The van der Waals surface area contributed by atoms with Crippen LogP contribution in [0.2, 0.25) is 0 Å². The molecule has 0 aliphatic rings. The van der Waals surface area contributed by atoms with E-state index in [4.69, 9.17) is 30.3 Å². The van der Waals surface area contributed by atoms with Gasteiger partial charge in [0.15, 0.2) is 11.6 Å². The molecule has 2 aromatic rings. The van der Waals surface area contributed by atoms with Gasteiger partial charge in [-0.2, -0.15) is 4.72 Å². The van der Waals surface area contributed by atoms with E-state index in [1.165, 1.54) is 6.92 Å². The van der Waals surface area contributed by atoms with E-state index < -0.39 is 61.3 Å². The van der Waals surface area contributed by atoms with Gasteiger partial charge >= 0.3 is 7.60 Å². The van der Waals surface area contributed by atoms with Crippen LogP contribution in [0.5, 0.6) is 11.5 Å². The van der Waals surface area contributed by atoms with Crippen molar-refractivity contribution in [3.05, 3.63) is 38.1 Å². The van der Waals surface area contributed by atoms with E-state index in [1.54, 1.807) is 4.72 Å². The lowest BCUT2D eigenvalue weighted by Gasteiger charge is -2.15. The second-order valence-electron chi connectivity index (χ2n) is 6.29. The number of thiophene rings is 1. The lowest BCUT2D eigenvalue weighted by atomic mass is 10.1. The minimum absolute atomic E-state index is 0.0855. The molecule has 0 atom stereocenters. The molecule has 2 rings (SSSR count). The van der Waals surface area contributed by atoms with Gasteiger partial charge in [0, 0.05) is 15.2 Å². The highest BCUT2D eigenvalue weighted by atomic mass is 32.2. The molecule has 19 heteroatoms. The fourth-order valence-corrected chi connectivity index (χ4v) is 6.72. The van der Waals surface area contributed by atoms with Crippen LogP contribution in [0, 0.1) is 11.6 Å². The van der Waals surface area contributed by atoms with Crippen LogP contribution >= 0.6 is 18.9 Å². The normalized spacial score (nSPS) is 11.7. The maximum Gasteiger partial charge on any atom is 0.340 e. The van der Waals surface area contributed by atoms with Crippen molar-refractivity contribution in [2.75, 3.05) is 32.6 Å². The molecule has 1 heterocycles. The van der Waals surface area contributed by atoms with Crippen molar-refractivity contribution in [2.45, 2.75) is 17.6 Å². The topological polar surface area (TPSA) is 220 Å². The van der Waals surface area contributed by atoms with Gasteiger partial charge < -0.3 is 19.3 Å². The second kappa shape index (κ2) is 11.6. The highest BCUT2D eigenvalue weighted by molar-refractivity contribution is 7.92. The number of nitrogens with one attached hydrogen (secondary N) is 1. The number of hydrogen-bond donors (Lipinski definition) is 3. The molecule has 0 saturated carbocycles. The number of nitrogens with zero attached hydrogens (tertiary/aromatic N) is 6. The summed E-state index contributed by atoms with van der Waals surface area (Å²) in [6.45, 7) is 0.292. The van der Waals surface area contributed by atoms with Gasteiger partial charge in [0.05, 0.1) is 31.0 Å². The zero-order valence-corrected chi connectivity index (χ0v) is 19.9. The Kier molecular flexibility index (Phi) is 9.44. The number of halogens is 2. The van der Waals surface area contributed by atoms with E-state index in [0.717, 1.165) is 0 Å². The summed E-state index contributed by atoms with van der Waals surface area (Å²) in [5.41, 5.74) is 16.6. The lowest BCUT2D eigenvalue weighted by molar-refractivity contribution is 0.258. The zero-order chi connectivity index (χ0) is 25.5. The van der Waals surface area contributed by atoms with Crippen molar-refractivity contribution in [2.24, 2.45) is 10.2 Å². The van der Waals surface area contributed by atoms with E-state index in [0.29, 0.717) is 11.3 Å². The molecule has 0 amide bonds. The highest BCUT2D eigenvalue weighted by Gasteiger charge is 2.32. The number of aryl methyl sites for hydroxylation is 1. The first kappa shape index (κ1) is 27.6. The number of hydrogen-bond acceptors (Lipinski definition) is 8. The average Bonchev–Trinajstić information content (AvgIpc) is 3.18. The molecule has 0 radical (unpaired) electrons. The van der Waals surface area contributed by atoms with E-state index in [1.807, 2.05) is 0 Å². The molecule has 1 aromatic heterocycles. The van der Waals surface area contributed by atoms with Crippen LogP contribution in [-0.4, -0.2) is 50.8 Å². The molecule has 34 heavy (non-hydrogen) atoms. The molecule has 0 fully saturated rings. The van der Waals surface area contributed by atoms with E-state index in [2.05, 4.69) is 20.1 Å². The summed E-state index contributed by atoms with van der Waals surface area (Å²) in [6.07, 6.45) is -1.29. The lowest BCUT2D eigenvalue weighted by Crippen LogP contribution is -2.24. The highest BCUT2D eigenvalue weighted by Crippen LogP contribution is 2.47. The van der Waals surface area contributed by atoms with E-state index >= 15 is 8.78 Å². The summed E-state index contributed by atoms with van der Waals surface area (Å²) in [7, 11) is -9.31. The van der Waals surface area contributed by atoms with Gasteiger partial charge in [-0.3, -0.25) is 4.57 Å². The minimum atomic E-state index is -4.75. The van der Waals surface area contributed by atoms with Crippen LogP contribution in [0.4, 0.5) is 8.78 Å². The number of ether oxygens (including phenoxy) is 2. The maximum atomic E-state index is 15.5. The van der Waals surface area contributed by atoms with Gasteiger partial charge in [0.25, 0.3) is 10.0 Å². The fraction of sp³-hybridized carbons (Fsp3) is 0.467. The largest absolute Gasteiger partial charge is 0.487 e. The monoisotopic (exact) mass is 541 g/mol. The van der Waals surface area contributed by atoms with Gasteiger partial charge in [0.1, 0.15) is 10.5 Å². The third kappa shape index (κ3) is 6.46. The molecular formula is C15H18F2N7O7PS2. The summed E-state index contributed by atoms with van der Waals surface area (Å²) < 4.78 is 78.5. The number of fused-ring (bicyclic) bond motifs is 1. The van der Waals surface area contributed by atoms with Crippen molar-refractivity contribution in [3.63, 3.8) is 0 Å². The first-order valence-electron chi connectivity index (χ1n) is 9.26. The molecule has 0 aliphatic heterocycles. The Labute approximate surface area is 194 Å². The first-order chi connectivity index (χ1) is 16.0. The standard InChI is InChI=1S/C15H18F2N7O7PS2/c1-2-8-9-10(16)12(30-5-3-20-23-18)13(31-6-4-21-24-19)11(17)14(9)33-15(8)34(28,29)22-7-32(25,26)27/h22H,2-7H2,1H3,(H2,25,26,27). The van der Waals surface area contributed by atoms with Crippen molar-refractivity contribution in [3.8, 4) is 11.5 Å². The quantitative estimate of drug-likeness (QED) is 0.112. The smallest absolute Gasteiger partial charge is 0.340 e. The second-order valence-corrected chi connectivity index (χ2v) is 10.9.